The lowest BCUT2D eigenvalue weighted by molar-refractivity contribution is -0.138. The Labute approximate surface area is 121 Å². The summed E-state index contributed by atoms with van der Waals surface area (Å²) in [5.74, 6) is -0.767. The van der Waals surface area contributed by atoms with E-state index >= 15 is 0 Å². The molecule has 0 aliphatic heterocycles. The fourth-order valence-electron chi connectivity index (χ4n) is 2.86. The Morgan fingerprint density at radius 1 is 1.42 bits per heavy atom. The maximum absolute atomic E-state index is 11.1. The maximum atomic E-state index is 11.1. The minimum atomic E-state index is -0.767. The van der Waals surface area contributed by atoms with Gasteiger partial charge in [0.15, 0.2) is 0 Å². The van der Waals surface area contributed by atoms with Crippen molar-refractivity contribution < 1.29 is 9.90 Å². The number of benzene rings is 1. The van der Waals surface area contributed by atoms with Gasteiger partial charge in [-0.25, -0.2) is 0 Å². The van der Waals surface area contributed by atoms with Gasteiger partial charge in [-0.15, -0.1) is 0 Å². The Balaban J connectivity index is 2.75. The highest BCUT2D eigenvalue weighted by Gasteiger charge is 2.30. The molecule has 1 aromatic heterocycles. The zero-order valence-electron chi connectivity index (χ0n) is 11.6. The second-order valence-electron chi connectivity index (χ2n) is 5.64. The Morgan fingerprint density at radius 3 is 2.63 bits per heavy atom. The Hall–Kier alpha value is -1.29. The van der Waals surface area contributed by atoms with Gasteiger partial charge in [0.05, 0.1) is 6.42 Å². The first-order valence-corrected chi connectivity index (χ1v) is 7.00. The number of aryl methyl sites for hydroxylation is 1. The van der Waals surface area contributed by atoms with E-state index in [4.69, 9.17) is 5.11 Å². The summed E-state index contributed by atoms with van der Waals surface area (Å²) in [7, 11) is 2.02. The zero-order chi connectivity index (χ0) is 14.4. The average molecular weight is 324 g/mol. The number of hydrogen-bond donors (Lipinski definition) is 1. The molecular weight excluding hydrogens is 306 g/mol. The Morgan fingerprint density at radius 2 is 2.05 bits per heavy atom. The molecule has 1 aromatic carbocycles. The quantitative estimate of drug-likeness (QED) is 0.927. The molecule has 2 aromatic rings. The summed E-state index contributed by atoms with van der Waals surface area (Å²) in [6.07, 6.45) is 0.124. The number of nitrogens with zero attached hydrogens (tertiary/aromatic N) is 1. The topological polar surface area (TPSA) is 42.2 Å². The summed E-state index contributed by atoms with van der Waals surface area (Å²) < 4.78 is 3.14. The first-order chi connectivity index (χ1) is 8.74. The molecule has 0 amide bonds. The highest BCUT2D eigenvalue weighted by Crippen LogP contribution is 2.38. The van der Waals surface area contributed by atoms with Gasteiger partial charge < -0.3 is 9.67 Å². The van der Waals surface area contributed by atoms with Gasteiger partial charge in [0.25, 0.3) is 0 Å². The molecule has 2 rings (SSSR count). The van der Waals surface area contributed by atoms with Gasteiger partial charge in [-0.2, -0.15) is 0 Å². The first kappa shape index (κ1) is 14.1. The van der Waals surface area contributed by atoms with Crippen molar-refractivity contribution in [2.45, 2.75) is 32.6 Å². The van der Waals surface area contributed by atoms with Crippen molar-refractivity contribution in [2.24, 2.45) is 7.05 Å². The van der Waals surface area contributed by atoms with Crippen molar-refractivity contribution >= 4 is 32.8 Å². The van der Waals surface area contributed by atoms with Crippen LogP contribution in [0.5, 0.6) is 0 Å². The Kier molecular flexibility index (Phi) is 3.47. The number of hydrogen-bond acceptors (Lipinski definition) is 1. The summed E-state index contributed by atoms with van der Waals surface area (Å²) >= 11 is 3.49. The SMILES string of the molecule is Cc1c(C(C)(C)CC(=O)O)c2cc(Br)ccc2n1C. The minimum Gasteiger partial charge on any atom is -0.481 e. The summed E-state index contributed by atoms with van der Waals surface area (Å²) in [4.78, 5) is 11.1. The third kappa shape index (κ3) is 2.41. The second-order valence-corrected chi connectivity index (χ2v) is 6.55. The van der Waals surface area contributed by atoms with E-state index in [2.05, 4.69) is 32.6 Å². The van der Waals surface area contributed by atoms with Gasteiger partial charge in [0.1, 0.15) is 0 Å². The van der Waals surface area contributed by atoms with Crippen LogP contribution in [0.25, 0.3) is 10.9 Å². The van der Waals surface area contributed by atoms with E-state index in [9.17, 15) is 4.79 Å². The molecule has 0 unspecified atom stereocenters. The lowest BCUT2D eigenvalue weighted by Crippen LogP contribution is -2.22. The molecule has 4 heteroatoms. The smallest absolute Gasteiger partial charge is 0.304 e. The van der Waals surface area contributed by atoms with E-state index in [1.807, 2.05) is 33.9 Å². The molecule has 0 aliphatic rings. The average Bonchev–Trinajstić information content (AvgIpc) is 2.49. The molecule has 0 saturated heterocycles. The summed E-state index contributed by atoms with van der Waals surface area (Å²) in [5, 5.41) is 10.2. The highest BCUT2D eigenvalue weighted by molar-refractivity contribution is 9.10. The van der Waals surface area contributed by atoms with Crippen LogP contribution in [-0.2, 0) is 17.3 Å². The number of halogens is 1. The molecule has 3 nitrogen and oxygen atoms in total. The number of fused-ring (bicyclic) bond motifs is 1. The maximum Gasteiger partial charge on any atom is 0.304 e. The number of carbonyl (C=O) groups is 1. The number of carboxylic acid groups (broad SMARTS) is 1. The van der Waals surface area contributed by atoms with E-state index in [1.54, 1.807) is 0 Å². The molecule has 102 valence electrons. The molecule has 0 bridgehead atoms. The van der Waals surface area contributed by atoms with Crippen LogP contribution >= 0.6 is 15.9 Å². The molecule has 0 aliphatic carbocycles. The van der Waals surface area contributed by atoms with Gasteiger partial charge in [-0.1, -0.05) is 29.8 Å². The number of aromatic nitrogens is 1. The highest BCUT2D eigenvalue weighted by atomic mass is 79.9. The van der Waals surface area contributed by atoms with Crippen molar-refractivity contribution in [2.75, 3.05) is 0 Å². The van der Waals surface area contributed by atoms with Crippen molar-refractivity contribution in [3.8, 4) is 0 Å². The molecule has 1 N–H and O–H groups in total. The van der Waals surface area contributed by atoms with E-state index in [-0.39, 0.29) is 6.42 Å². The van der Waals surface area contributed by atoms with Crippen molar-refractivity contribution in [3.63, 3.8) is 0 Å². The molecule has 0 fully saturated rings. The molecule has 1 heterocycles. The van der Waals surface area contributed by atoms with Gasteiger partial charge in [0, 0.05) is 33.5 Å². The molecule has 0 saturated carbocycles. The molecular formula is C15H18BrNO2. The van der Waals surface area contributed by atoms with Crippen LogP contribution in [0.4, 0.5) is 0 Å². The molecule has 0 spiro atoms. The van der Waals surface area contributed by atoms with Crippen LogP contribution < -0.4 is 0 Å². The molecule has 0 radical (unpaired) electrons. The van der Waals surface area contributed by atoms with Crippen LogP contribution in [0.15, 0.2) is 22.7 Å². The zero-order valence-corrected chi connectivity index (χ0v) is 13.2. The fraction of sp³-hybridized carbons (Fsp3) is 0.400. The number of aliphatic carboxylic acids is 1. The largest absolute Gasteiger partial charge is 0.481 e. The van der Waals surface area contributed by atoms with E-state index in [0.717, 1.165) is 26.6 Å². The van der Waals surface area contributed by atoms with Crippen LogP contribution in [0.1, 0.15) is 31.5 Å². The predicted molar refractivity (Wildman–Crippen MR) is 80.6 cm³/mol. The minimum absolute atomic E-state index is 0.124. The monoisotopic (exact) mass is 323 g/mol. The van der Waals surface area contributed by atoms with Gasteiger partial charge >= 0.3 is 5.97 Å². The van der Waals surface area contributed by atoms with Crippen LogP contribution in [0.2, 0.25) is 0 Å². The summed E-state index contributed by atoms with van der Waals surface area (Å²) in [6, 6.07) is 6.14. The lowest BCUT2D eigenvalue weighted by Gasteiger charge is -2.23. The van der Waals surface area contributed by atoms with Gasteiger partial charge in [0.2, 0.25) is 0 Å². The lowest BCUT2D eigenvalue weighted by atomic mass is 9.80. The van der Waals surface area contributed by atoms with Crippen LogP contribution in [0.3, 0.4) is 0 Å². The van der Waals surface area contributed by atoms with Crippen molar-refractivity contribution in [3.05, 3.63) is 33.9 Å². The van der Waals surface area contributed by atoms with E-state index in [1.165, 1.54) is 0 Å². The number of carboxylic acids is 1. The normalized spacial score (nSPS) is 12.1. The molecule has 19 heavy (non-hydrogen) atoms. The van der Waals surface area contributed by atoms with Crippen molar-refractivity contribution in [1.29, 1.82) is 0 Å². The van der Waals surface area contributed by atoms with E-state index in [0.29, 0.717) is 0 Å². The third-order valence-corrected chi connectivity index (χ3v) is 4.22. The van der Waals surface area contributed by atoms with Crippen molar-refractivity contribution in [1.82, 2.24) is 4.57 Å². The van der Waals surface area contributed by atoms with Crippen LogP contribution in [0, 0.1) is 6.92 Å². The second kappa shape index (κ2) is 4.67. The summed E-state index contributed by atoms with van der Waals surface area (Å²) in [6.45, 7) is 6.03. The van der Waals surface area contributed by atoms with Gasteiger partial charge in [-0.05, 0) is 30.7 Å². The number of rotatable bonds is 3. The molecule has 0 atom stereocenters. The standard InChI is InChI=1S/C15H18BrNO2/c1-9-14(15(2,3)8-13(18)19)11-7-10(16)5-6-12(11)17(9)4/h5-7H,8H2,1-4H3,(H,18,19). The van der Waals surface area contributed by atoms with Crippen LogP contribution in [-0.4, -0.2) is 15.6 Å². The third-order valence-electron chi connectivity index (χ3n) is 3.72. The van der Waals surface area contributed by atoms with E-state index < -0.39 is 11.4 Å². The first-order valence-electron chi connectivity index (χ1n) is 6.21. The fourth-order valence-corrected chi connectivity index (χ4v) is 3.23. The predicted octanol–water partition coefficient (Wildman–Crippen LogP) is 4.00. The van der Waals surface area contributed by atoms with Gasteiger partial charge in [-0.3, -0.25) is 4.79 Å². The Bertz CT molecular complexity index is 656. The summed E-state index contributed by atoms with van der Waals surface area (Å²) in [5.41, 5.74) is 2.98.